The number of carboxylic acids is 4. The summed E-state index contributed by atoms with van der Waals surface area (Å²) < 4.78 is 11.2. The first kappa shape index (κ1) is 123. The second-order valence-corrected chi connectivity index (χ2v) is 32.5. The third kappa shape index (κ3) is 49.4. The van der Waals surface area contributed by atoms with Gasteiger partial charge in [0.05, 0.1) is 50.4 Å². The van der Waals surface area contributed by atoms with Crippen molar-refractivity contribution in [1.82, 2.24) is 63.5 Å². The molecule has 13 amide bonds. The average Bonchev–Trinajstić information content (AvgIpc) is 1.51. The van der Waals surface area contributed by atoms with Crippen molar-refractivity contribution in [2.45, 2.75) is 264 Å². The van der Waals surface area contributed by atoms with Crippen LogP contribution in [0, 0.1) is 29.1 Å². The number of nitrogens with two attached hydrogens (primary N) is 3. The number of amides is 13. The van der Waals surface area contributed by atoms with Gasteiger partial charge in [-0.2, -0.15) is 19.2 Å². The minimum atomic E-state index is -2.24. The lowest BCUT2D eigenvalue weighted by Crippen LogP contribution is -2.57. The van der Waals surface area contributed by atoms with Crippen LogP contribution in [0.1, 0.15) is 213 Å². The third-order valence-electron chi connectivity index (χ3n) is 21.5. The second-order valence-electron chi connectivity index (χ2n) is 32.5. The Hall–Kier alpha value is -14.8. The average molecular weight is 1950 g/mol. The van der Waals surface area contributed by atoms with E-state index in [0.29, 0.717) is 47.0 Å². The number of carbonyl (C=O) groups is 22. The van der Waals surface area contributed by atoms with Gasteiger partial charge in [0, 0.05) is 104 Å². The number of carbonyl (C=O) groups excluding carboxylic acids is 22. The maximum absolute atomic E-state index is 14.7. The van der Waals surface area contributed by atoms with Crippen molar-refractivity contribution in [1.29, 1.82) is 0 Å². The van der Waals surface area contributed by atoms with Crippen LogP contribution in [0.3, 0.4) is 0 Å². The highest BCUT2D eigenvalue weighted by molar-refractivity contribution is 6.01. The highest BCUT2D eigenvalue weighted by Crippen LogP contribution is 2.34. The number of unbranched alkanes of at least 4 members (excludes halogenated alkanes) is 6. The summed E-state index contributed by atoms with van der Waals surface area (Å²) in [5.74, 6) is -26.6. The fourth-order valence-corrected chi connectivity index (χ4v) is 13.5. The second kappa shape index (κ2) is 67.4. The lowest BCUT2D eigenvalue weighted by Gasteiger charge is -2.31. The molecule has 15 atom stereocenters. The number of hydrogen-bond acceptors (Lipinski definition) is 30. The maximum Gasteiger partial charge on any atom is 0.407 e. The number of Topliss-reactive ketones (excluding diaryl/α,β-unsaturated/α-hetero) is 3. The smallest absolute Gasteiger partial charge is 0.407 e. The maximum atomic E-state index is 14.7. The molecule has 2 aromatic carbocycles. The molecule has 0 fully saturated rings. The van der Waals surface area contributed by atoms with Crippen molar-refractivity contribution in [3.8, 4) is 0 Å². The third-order valence-corrected chi connectivity index (χ3v) is 21.5. The summed E-state index contributed by atoms with van der Waals surface area (Å²) in [5.41, 5.74) is 17.4. The van der Waals surface area contributed by atoms with E-state index in [4.69, 9.17) is 45.9 Å². The molecule has 0 spiro atoms. The zero-order chi connectivity index (χ0) is 105. The van der Waals surface area contributed by atoms with Gasteiger partial charge in [0.15, 0.2) is 23.6 Å². The van der Waals surface area contributed by atoms with Crippen LogP contribution in [-0.2, 0) is 131 Å². The molecular weight excluding hydrogens is 1820 g/mol. The number of aliphatic hydroxyl groups excluding tert-OH is 1. The SMILES string of the molecule is CCC(=O)NC.CCCCCCCCCC(=O)N[C@@H](Cc1c[nH]c2ccccc12)C(=O)N[C@H](CC(N)=O)C(=O)C[C@@H](CC(=O)O)C(=O)N[C@H](C(=O)NCC(=O)N[C@@H](CCCNC(=O)O[C@@H]1/C=C/CC[C@](C)(C(=O)NC(CC(=O)O)C(=O)O)CC1)C(=O)C[C@@H](C)C(=O)N[C@H](C)C(N)=O)[C@@H](C)OC(=O)[C@H](C)NC(=O)[C@@H](CC(=O)[C@@H](CO)NC=O)C(C)CC(=O)O.Nc1ccccc1C=O.O=C=O.O=C=O. The van der Waals surface area contributed by atoms with Crippen molar-refractivity contribution >= 4 is 160 Å². The number of carboxylic acid groups (broad SMARTS) is 4. The molecule has 1 heterocycles. The topological polar surface area (TPSA) is 790 Å². The molecule has 3 aromatic rings. The monoisotopic (exact) mass is 1950 g/mol. The molecular formula is C90H129N15O33. The van der Waals surface area contributed by atoms with Crippen LogP contribution in [0.15, 0.2) is 66.9 Å². The Bertz CT molecular complexity index is 4700. The van der Waals surface area contributed by atoms with E-state index >= 15 is 0 Å². The number of ether oxygens (including phenoxy) is 2. The molecule has 4 rings (SSSR count). The summed E-state index contributed by atoms with van der Waals surface area (Å²) in [6.45, 7) is 9.06. The van der Waals surface area contributed by atoms with Crippen LogP contribution in [0.4, 0.5) is 10.5 Å². The van der Waals surface area contributed by atoms with Gasteiger partial charge in [-0.05, 0) is 101 Å². The number of nitrogens with one attached hydrogen (secondary N) is 12. The number of alkyl carbamates (subject to hydrolysis) is 1. The number of anilines is 1. The number of primary amides is 2. The Labute approximate surface area is 794 Å². The fraction of sp³-hybridized carbons (Fsp3) is 0.556. The number of benzene rings is 2. The molecule has 0 saturated heterocycles. The number of aromatic amines is 1. The fourth-order valence-electron chi connectivity index (χ4n) is 13.5. The van der Waals surface area contributed by atoms with Gasteiger partial charge < -0.3 is 116 Å². The predicted molar refractivity (Wildman–Crippen MR) is 484 cm³/mol. The predicted octanol–water partition coefficient (Wildman–Crippen LogP) is -0.241. The normalized spacial score (nSPS) is 15.8. The number of aromatic nitrogens is 1. The largest absolute Gasteiger partial charge is 0.481 e. The molecule has 48 heteroatoms. The first-order valence-corrected chi connectivity index (χ1v) is 44.2. The van der Waals surface area contributed by atoms with E-state index in [2.05, 4.69) is 70.4 Å². The number of aliphatic carboxylic acids is 4. The summed E-state index contributed by atoms with van der Waals surface area (Å²) in [5, 5.41) is 74.9. The molecule has 0 aliphatic heterocycles. The van der Waals surface area contributed by atoms with E-state index in [1.807, 2.05) is 6.92 Å². The number of ketones is 3. The molecule has 2 unspecified atom stereocenters. The zero-order valence-electron chi connectivity index (χ0n) is 78.4. The summed E-state index contributed by atoms with van der Waals surface area (Å²) >= 11 is 0. The van der Waals surface area contributed by atoms with Gasteiger partial charge in [-0.15, -0.1) is 0 Å². The molecule has 1 aromatic heterocycles. The number of fused-ring (bicyclic) bond motifs is 1. The highest BCUT2D eigenvalue weighted by atomic mass is 16.6. The van der Waals surface area contributed by atoms with Gasteiger partial charge in [0.2, 0.25) is 71.4 Å². The number of allylic oxidation sites excluding steroid dienone is 1. The lowest BCUT2D eigenvalue weighted by atomic mass is 9.77. The molecule has 1 aliphatic carbocycles. The van der Waals surface area contributed by atoms with Crippen molar-refractivity contribution < 1.29 is 160 Å². The number of para-hydroxylation sites is 2. The number of esters is 1. The Morgan fingerprint density at radius 2 is 1.17 bits per heavy atom. The van der Waals surface area contributed by atoms with Crippen molar-refractivity contribution in [2.24, 2.45) is 40.6 Å². The van der Waals surface area contributed by atoms with Crippen LogP contribution >= 0.6 is 0 Å². The quantitative estimate of drug-likeness (QED) is 0.0114. The van der Waals surface area contributed by atoms with Gasteiger partial charge in [-0.25, -0.2) is 14.4 Å². The summed E-state index contributed by atoms with van der Waals surface area (Å²) in [6.07, 6.45) is 2.70. The number of hydrogen-bond donors (Lipinski definition) is 20. The summed E-state index contributed by atoms with van der Waals surface area (Å²) in [6, 6.07) is 0.672. The molecule has 0 bridgehead atoms. The minimum Gasteiger partial charge on any atom is -0.481 e. The van der Waals surface area contributed by atoms with Gasteiger partial charge in [-0.1, -0.05) is 110 Å². The zero-order valence-corrected chi connectivity index (χ0v) is 78.4. The van der Waals surface area contributed by atoms with Crippen LogP contribution in [0.5, 0.6) is 0 Å². The lowest BCUT2D eigenvalue weighted by molar-refractivity contribution is -0.193. The number of aldehydes is 1. The van der Waals surface area contributed by atoms with E-state index in [9.17, 15) is 131 Å². The van der Waals surface area contributed by atoms with Gasteiger partial charge >= 0.3 is 48.2 Å². The Balaban J connectivity index is 0.00000795. The van der Waals surface area contributed by atoms with Gasteiger partial charge in [0.1, 0.15) is 48.5 Å². The number of H-pyrrole nitrogens is 1. The van der Waals surface area contributed by atoms with E-state index < -0.39 is 260 Å². The molecule has 0 radical (unpaired) electrons. The Morgan fingerprint density at radius 3 is 1.73 bits per heavy atom. The molecule has 0 saturated carbocycles. The number of rotatable bonds is 58. The minimum absolute atomic E-state index is 0.0176. The highest BCUT2D eigenvalue weighted by Gasteiger charge is 2.41. The molecule has 1 aliphatic rings. The molecule has 138 heavy (non-hydrogen) atoms. The Kier molecular flexibility index (Phi) is 60.1. The van der Waals surface area contributed by atoms with Crippen molar-refractivity contribution in [3.05, 3.63) is 78.0 Å². The van der Waals surface area contributed by atoms with Gasteiger partial charge in [-0.3, -0.25) is 91.1 Å². The number of aliphatic hydroxyl groups is 1. The van der Waals surface area contributed by atoms with E-state index in [-0.39, 0.29) is 82.5 Å². The van der Waals surface area contributed by atoms with Crippen LogP contribution in [0.2, 0.25) is 0 Å². The van der Waals surface area contributed by atoms with E-state index in [1.54, 1.807) is 80.9 Å². The standard InChI is InChI=1S/C77H113N13O27.C7H7NO.C4H9NO.2CO2/c1-8-9-10-11-12-13-14-24-61(97)87-54(31-47-37-81-51-22-16-15-21-49(47)51)71(109)88-53(35-60(78)96)58(94)32-46(33-64(101)102)69(107)90-66(45(6)116-74(113)44(5)85-70(108)50(41(2)30-63(99)100)34-59(95)56(39-91)83-40-92)72(110)82-38-62(98)86-52(57(93)29-42(3)68(106)84-43(4)67(79)105)23-19-28-80-76(115)117-48-20-17-18-26-77(7,27-25-48)75(114)89-55(73(111)112)36-65(103)104;8-7-4-2-1-3-6(7)5-9;1-3-4(6)5-2;2*2-1-3/h15-17,20-22,37,40-46,48,50,52-56,66,81,91H,8-14,18-19,23-36,38-39H2,1-7H3,(H2,78,96)(H2,79,105)(H,80,115)(H,82,110)(H,83,92)(H,84,106)(H,85,108)(H,86,98)(H,87,97)(H,88,109)(H,89,114)(H,90,107)(H,99,100)(H,101,102)(H,103,104)(H,111,112);1-5H,8H2;3H2,1-2H3,(H,5,6);;/b20-17+;;;;/t41?,42-,43-,44+,45-,46+,48-,50+,52+,53-,54+,55?,56-,66+,77+;;;;/m1..../s1. The van der Waals surface area contributed by atoms with Crippen LogP contribution in [0.25, 0.3) is 10.9 Å². The van der Waals surface area contributed by atoms with Crippen LogP contribution < -0.4 is 75.7 Å². The van der Waals surface area contributed by atoms with E-state index in [0.717, 1.165) is 52.2 Å². The number of nitrogen functional groups attached to an aromatic ring is 1. The Morgan fingerprint density at radius 1 is 0.587 bits per heavy atom. The molecule has 762 valence electrons. The summed E-state index contributed by atoms with van der Waals surface area (Å²) in [7, 11) is 1.63. The molecule has 48 nitrogen and oxygen atoms in total. The summed E-state index contributed by atoms with van der Waals surface area (Å²) in [4.78, 5) is 320. The molecule has 23 N–H and O–H groups in total. The van der Waals surface area contributed by atoms with E-state index in [1.165, 1.54) is 20.8 Å². The van der Waals surface area contributed by atoms with Crippen LogP contribution in [-0.4, -0.2) is 261 Å². The van der Waals surface area contributed by atoms with Crippen molar-refractivity contribution in [3.63, 3.8) is 0 Å². The first-order chi connectivity index (χ1) is 65.1. The van der Waals surface area contributed by atoms with Crippen molar-refractivity contribution in [2.75, 3.05) is 32.5 Å². The first-order valence-electron chi connectivity index (χ1n) is 44.2. The van der Waals surface area contributed by atoms with Gasteiger partial charge in [0.25, 0.3) is 0 Å².